The molecule has 0 aliphatic heterocycles. The lowest BCUT2D eigenvalue weighted by Crippen LogP contribution is -2.19. The Bertz CT molecular complexity index is 199. The minimum Gasteiger partial charge on any atom is -0.349 e. The summed E-state index contributed by atoms with van der Waals surface area (Å²) in [4.78, 5) is 7.23. The monoisotopic (exact) mass is 199 g/mol. The van der Waals surface area contributed by atoms with Crippen molar-refractivity contribution in [2.45, 2.75) is 12.8 Å². The van der Waals surface area contributed by atoms with Crippen LogP contribution in [0.3, 0.4) is 0 Å². The van der Waals surface area contributed by atoms with Crippen molar-refractivity contribution in [1.29, 1.82) is 0 Å². The van der Waals surface area contributed by atoms with Crippen LogP contribution in [0.15, 0.2) is 12.4 Å². The van der Waals surface area contributed by atoms with Crippen LogP contribution in [0.2, 0.25) is 0 Å². The van der Waals surface area contributed by atoms with Crippen molar-refractivity contribution in [3.05, 3.63) is 18.2 Å². The van der Waals surface area contributed by atoms with Gasteiger partial charge in [-0.25, -0.2) is 4.98 Å². The summed E-state index contributed by atoms with van der Waals surface area (Å²) in [6, 6.07) is 0. The van der Waals surface area contributed by atoms with E-state index in [1.807, 2.05) is 18.0 Å². The number of hydrogen-bond acceptors (Lipinski definition) is 3. The van der Waals surface area contributed by atoms with E-state index in [-0.39, 0.29) is 0 Å². The maximum absolute atomic E-state index is 4.15. The van der Waals surface area contributed by atoms with E-state index in [1.54, 1.807) is 6.20 Å². The van der Waals surface area contributed by atoms with E-state index >= 15 is 0 Å². The molecular formula is C9H17N3S. The van der Waals surface area contributed by atoms with Gasteiger partial charge in [-0.1, -0.05) is 0 Å². The number of imidazole rings is 1. The molecule has 1 aromatic heterocycles. The smallest absolute Gasteiger partial charge is 0.107 e. The van der Waals surface area contributed by atoms with Crippen LogP contribution in [0.25, 0.3) is 0 Å². The fourth-order valence-electron chi connectivity index (χ4n) is 1.11. The number of rotatable bonds is 7. The van der Waals surface area contributed by atoms with Crippen LogP contribution in [0.1, 0.15) is 12.2 Å². The van der Waals surface area contributed by atoms with Crippen molar-refractivity contribution in [3.63, 3.8) is 0 Å². The lowest BCUT2D eigenvalue weighted by Gasteiger charge is -2.01. The predicted molar refractivity (Wildman–Crippen MR) is 58.2 cm³/mol. The largest absolute Gasteiger partial charge is 0.349 e. The average molecular weight is 199 g/mol. The van der Waals surface area contributed by atoms with Gasteiger partial charge in [0.2, 0.25) is 0 Å². The molecule has 74 valence electrons. The first-order valence-corrected chi connectivity index (χ1v) is 6.01. The zero-order valence-electron chi connectivity index (χ0n) is 8.05. The number of nitrogens with one attached hydrogen (secondary N) is 2. The van der Waals surface area contributed by atoms with Crippen molar-refractivity contribution >= 4 is 11.8 Å². The van der Waals surface area contributed by atoms with Crippen molar-refractivity contribution in [3.8, 4) is 0 Å². The average Bonchev–Trinajstić information content (AvgIpc) is 2.63. The van der Waals surface area contributed by atoms with Gasteiger partial charge in [-0.05, 0) is 25.0 Å². The molecule has 2 N–H and O–H groups in total. The second-order valence-corrected chi connectivity index (χ2v) is 3.87. The first-order valence-electron chi connectivity index (χ1n) is 4.61. The minimum absolute atomic E-state index is 0.992. The van der Waals surface area contributed by atoms with Crippen LogP contribution in [0, 0.1) is 0 Å². The summed E-state index contributed by atoms with van der Waals surface area (Å²) in [5.41, 5.74) is 0. The predicted octanol–water partition coefficient (Wildman–Crippen LogP) is 1.29. The SMILES string of the molecule is CSCCCNCCc1ncc[nH]1. The van der Waals surface area contributed by atoms with Crippen LogP contribution in [-0.4, -0.2) is 35.1 Å². The molecule has 3 nitrogen and oxygen atoms in total. The fourth-order valence-corrected chi connectivity index (χ4v) is 1.54. The maximum atomic E-state index is 4.15. The van der Waals surface area contributed by atoms with E-state index in [0.717, 1.165) is 25.3 Å². The van der Waals surface area contributed by atoms with Gasteiger partial charge in [0.1, 0.15) is 5.82 Å². The molecular weight excluding hydrogens is 182 g/mol. The number of H-pyrrole nitrogens is 1. The molecule has 0 aliphatic rings. The van der Waals surface area contributed by atoms with Gasteiger partial charge in [-0.2, -0.15) is 11.8 Å². The molecule has 1 aromatic rings. The topological polar surface area (TPSA) is 40.7 Å². The second kappa shape index (κ2) is 6.97. The van der Waals surface area contributed by atoms with Crippen molar-refractivity contribution in [2.75, 3.05) is 25.1 Å². The molecule has 1 rings (SSSR count). The van der Waals surface area contributed by atoms with Crippen LogP contribution in [0.5, 0.6) is 0 Å². The number of thioether (sulfide) groups is 1. The molecule has 0 atom stereocenters. The van der Waals surface area contributed by atoms with Gasteiger partial charge in [-0.15, -0.1) is 0 Å². The van der Waals surface area contributed by atoms with Crippen molar-refractivity contribution in [2.24, 2.45) is 0 Å². The minimum atomic E-state index is 0.992. The molecule has 0 fully saturated rings. The molecule has 0 unspecified atom stereocenters. The molecule has 0 saturated heterocycles. The quantitative estimate of drug-likeness (QED) is 0.650. The van der Waals surface area contributed by atoms with E-state index in [0.29, 0.717) is 0 Å². The molecule has 13 heavy (non-hydrogen) atoms. The van der Waals surface area contributed by atoms with E-state index in [1.165, 1.54) is 12.2 Å². The zero-order chi connectivity index (χ0) is 9.36. The summed E-state index contributed by atoms with van der Waals surface area (Å²) in [5.74, 6) is 2.31. The molecule has 0 radical (unpaired) electrons. The van der Waals surface area contributed by atoms with Gasteiger partial charge in [0.05, 0.1) is 0 Å². The van der Waals surface area contributed by atoms with E-state index in [2.05, 4.69) is 21.5 Å². The van der Waals surface area contributed by atoms with Crippen LogP contribution in [-0.2, 0) is 6.42 Å². The third-order valence-electron chi connectivity index (χ3n) is 1.80. The van der Waals surface area contributed by atoms with Gasteiger partial charge in [0.25, 0.3) is 0 Å². The summed E-state index contributed by atoms with van der Waals surface area (Å²) < 4.78 is 0. The second-order valence-electron chi connectivity index (χ2n) is 2.88. The number of hydrogen-bond donors (Lipinski definition) is 2. The highest BCUT2D eigenvalue weighted by molar-refractivity contribution is 7.98. The van der Waals surface area contributed by atoms with Gasteiger partial charge < -0.3 is 10.3 Å². The molecule has 4 heteroatoms. The van der Waals surface area contributed by atoms with Gasteiger partial charge >= 0.3 is 0 Å². The molecule has 0 amide bonds. The third kappa shape index (κ3) is 4.95. The number of aromatic amines is 1. The maximum Gasteiger partial charge on any atom is 0.107 e. The first-order chi connectivity index (χ1) is 6.43. The molecule has 0 aliphatic carbocycles. The third-order valence-corrected chi connectivity index (χ3v) is 2.49. The van der Waals surface area contributed by atoms with Gasteiger partial charge in [-0.3, -0.25) is 0 Å². The zero-order valence-corrected chi connectivity index (χ0v) is 8.86. The highest BCUT2D eigenvalue weighted by atomic mass is 32.2. The fraction of sp³-hybridized carbons (Fsp3) is 0.667. The summed E-state index contributed by atoms with van der Waals surface area (Å²) >= 11 is 1.90. The Kier molecular flexibility index (Phi) is 5.69. The molecule has 0 aromatic carbocycles. The van der Waals surface area contributed by atoms with Gasteiger partial charge in [0, 0.05) is 25.4 Å². The summed E-state index contributed by atoms with van der Waals surface area (Å²) in [5, 5.41) is 3.39. The molecule has 0 spiro atoms. The van der Waals surface area contributed by atoms with Gasteiger partial charge in [0.15, 0.2) is 0 Å². The summed E-state index contributed by atoms with van der Waals surface area (Å²) in [6.45, 7) is 2.13. The Hall–Kier alpha value is -0.480. The standard InChI is InChI=1S/C9H17N3S/c1-13-8-2-4-10-5-3-9-11-6-7-12-9/h6-7,10H,2-5,8H2,1H3,(H,11,12). The van der Waals surface area contributed by atoms with Crippen molar-refractivity contribution < 1.29 is 0 Å². The van der Waals surface area contributed by atoms with Crippen molar-refractivity contribution in [1.82, 2.24) is 15.3 Å². The highest BCUT2D eigenvalue weighted by Gasteiger charge is 1.93. The Morgan fingerprint density at radius 3 is 3.15 bits per heavy atom. The summed E-state index contributed by atoms with van der Waals surface area (Å²) in [7, 11) is 0. The lowest BCUT2D eigenvalue weighted by molar-refractivity contribution is 0.664. The normalized spacial score (nSPS) is 10.5. The molecule has 0 saturated carbocycles. The number of nitrogens with zero attached hydrogens (tertiary/aromatic N) is 1. The Morgan fingerprint density at radius 1 is 1.54 bits per heavy atom. The Morgan fingerprint density at radius 2 is 2.46 bits per heavy atom. The van der Waals surface area contributed by atoms with E-state index in [9.17, 15) is 0 Å². The molecule has 1 heterocycles. The first kappa shape index (κ1) is 10.6. The summed E-state index contributed by atoms with van der Waals surface area (Å²) in [6.07, 6.45) is 8.04. The van der Waals surface area contributed by atoms with Crippen LogP contribution in [0.4, 0.5) is 0 Å². The molecule has 0 bridgehead atoms. The Labute approximate surface area is 83.7 Å². The van der Waals surface area contributed by atoms with E-state index in [4.69, 9.17) is 0 Å². The number of aromatic nitrogens is 2. The van der Waals surface area contributed by atoms with Crippen LogP contribution < -0.4 is 5.32 Å². The van der Waals surface area contributed by atoms with Crippen LogP contribution >= 0.6 is 11.8 Å². The Balaban J connectivity index is 1.90. The lowest BCUT2D eigenvalue weighted by atomic mass is 10.4. The van der Waals surface area contributed by atoms with E-state index < -0.39 is 0 Å². The highest BCUT2D eigenvalue weighted by Crippen LogP contribution is 1.93.